The minimum absolute atomic E-state index is 0.245. The van der Waals surface area contributed by atoms with Crippen LogP contribution in [0.1, 0.15) is 25.8 Å². The Bertz CT molecular complexity index is 256. The van der Waals surface area contributed by atoms with Crippen molar-refractivity contribution in [1.29, 1.82) is 0 Å². The minimum Gasteiger partial charge on any atom is -0.393 e. The molecule has 0 aliphatic rings. The van der Waals surface area contributed by atoms with Crippen LogP contribution in [0.2, 0.25) is 0 Å². The second-order valence-corrected chi connectivity index (χ2v) is 4.04. The maximum absolute atomic E-state index is 9.28. The van der Waals surface area contributed by atoms with Gasteiger partial charge in [-0.2, -0.15) is 0 Å². The lowest BCUT2D eigenvalue weighted by Crippen LogP contribution is -2.15. The zero-order valence-electron chi connectivity index (χ0n) is 9.52. The largest absolute Gasteiger partial charge is 0.393 e. The first-order valence-electron chi connectivity index (χ1n) is 5.50. The van der Waals surface area contributed by atoms with Gasteiger partial charge in [0.25, 0.3) is 0 Å². The van der Waals surface area contributed by atoms with Crippen molar-refractivity contribution in [2.24, 2.45) is 5.92 Å². The Morgan fingerprint density at radius 3 is 2.47 bits per heavy atom. The zero-order valence-corrected chi connectivity index (χ0v) is 9.52. The average Bonchev–Trinajstić information content (AvgIpc) is 2.25. The molecule has 0 saturated carbocycles. The summed E-state index contributed by atoms with van der Waals surface area (Å²) in [5, 5.41) is 9.28. The third-order valence-electron chi connectivity index (χ3n) is 2.65. The summed E-state index contributed by atoms with van der Waals surface area (Å²) in [5.74, 6) is 0.306. The maximum Gasteiger partial charge on any atom is 0.0716 e. The van der Waals surface area contributed by atoms with Crippen LogP contribution in [0.4, 0.5) is 0 Å². The molecule has 0 fully saturated rings. The van der Waals surface area contributed by atoms with Gasteiger partial charge in [-0.15, -0.1) is 0 Å². The van der Waals surface area contributed by atoms with Crippen molar-refractivity contribution in [3.05, 3.63) is 35.9 Å². The number of aliphatic hydroxyl groups excluding tert-OH is 1. The van der Waals surface area contributed by atoms with Crippen molar-refractivity contribution < 1.29 is 9.84 Å². The Hall–Kier alpha value is -0.860. The van der Waals surface area contributed by atoms with Gasteiger partial charge in [-0.3, -0.25) is 0 Å². The molecule has 2 unspecified atom stereocenters. The Labute approximate surface area is 91.9 Å². The number of rotatable bonds is 6. The first kappa shape index (κ1) is 12.2. The SMILES string of the molecule is CC(O)C(C)CCOCc1ccccc1. The number of benzene rings is 1. The highest BCUT2D eigenvalue weighted by Crippen LogP contribution is 2.08. The molecule has 0 aromatic heterocycles. The van der Waals surface area contributed by atoms with E-state index < -0.39 is 0 Å². The summed E-state index contributed by atoms with van der Waals surface area (Å²) in [6.45, 7) is 5.23. The average molecular weight is 208 g/mol. The van der Waals surface area contributed by atoms with Gasteiger partial charge in [0.05, 0.1) is 12.7 Å². The van der Waals surface area contributed by atoms with Gasteiger partial charge < -0.3 is 9.84 Å². The minimum atomic E-state index is -0.245. The van der Waals surface area contributed by atoms with Gasteiger partial charge in [-0.1, -0.05) is 37.3 Å². The van der Waals surface area contributed by atoms with Crippen molar-refractivity contribution in [2.75, 3.05) is 6.61 Å². The molecule has 2 heteroatoms. The second-order valence-electron chi connectivity index (χ2n) is 4.04. The topological polar surface area (TPSA) is 29.5 Å². The van der Waals surface area contributed by atoms with Crippen LogP contribution in [0.25, 0.3) is 0 Å². The smallest absolute Gasteiger partial charge is 0.0716 e. The highest BCUT2D eigenvalue weighted by molar-refractivity contribution is 5.13. The van der Waals surface area contributed by atoms with E-state index in [0.717, 1.165) is 6.42 Å². The lowest BCUT2D eigenvalue weighted by atomic mass is 10.0. The molecule has 0 spiro atoms. The summed E-state index contributed by atoms with van der Waals surface area (Å²) < 4.78 is 5.53. The van der Waals surface area contributed by atoms with Crippen LogP contribution in [0.5, 0.6) is 0 Å². The van der Waals surface area contributed by atoms with Gasteiger partial charge in [-0.25, -0.2) is 0 Å². The normalized spacial score (nSPS) is 14.9. The van der Waals surface area contributed by atoms with Crippen LogP contribution >= 0.6 is 0 Å². The van der Waals surface area contributed by atoms with E-state index in [9.17, 15) is 5.11 Å². The van der Waals surface area contributed by atoms with Crippen molar-refractivity contribution >= 4 is 0 Å². The fraction of sp³-hybridized carbons (Fsp3) is 0.538. The van der Waals surface area contributed by atoms with E-state index in [1.54, 1.807) is 0 Å². The molecule has 1 aromatic rings. The molecular weight excluding hydrogens is 188 g/mol. The van der Waals surface area contributed by atoms with E-state index in [4.69, 9.17) is 4.74 Å². The molecule has 1 rings (SSSR count). The number of aliphatic hydroxyl groups is 1. The molecule has 0 radical (unpaired) electrons. The molecule has 0 bridgehead atoms. The van der Waals surface area contributed by atoms with E-state index in [-0.39, 0.29) is 6.10 Å². The third kappa shape index (κ3) is 4.96. The van der Waals surface area contributed by atoms with Crippen LogP contribution in [0, 0.1) is 5.92 Å². The molecule has 84 valence electrons. The highest BCUT2D eigenvalue weighted by atomic mass is 16.5. The fourth-order valence-corrected chi connectivity index (χ4v) is 1.27. The summed E-state index contributed by atoms with van der Waals surface area (Å²) >= 11 is 0. The molecule has 0 heterocycles. The van der Waals surface area contributed by atoms with E-state index in [1.807, 2.05) is 32.0 Å². The summed E-state index contributed by atoms with van der Waals surface area (Å²) in [6, 6.07) is 10.1. The van der Waals surface area contributed by atoms with Crippen LogP contribution in [-0.4, -0.2) is 17.8 Å². The van der Waals surface area contributed by atoms with E-state index in [2.05, 4.69) is 12.1 Å². The van der Waals surface area contributed by atoms with Crippen molar-refractivity contribution in [1.82, 2.24) is 0 Å². The molecular formula is C13H20O2. The monoisotopic (exact) mass is 208 g/mol. The lowest BCUT2D eigenvalue weighted by Gasteiger charge is -2.14. The van der Waals surface area contributed by atoms with Gasteiger partial charge >= 0.3 is 0 Å². The van der Waals surface area contributed by atoms with Gasteiger partial charge in [0.15, 0.2) is 0 Å². The molecule has 1 N–H and O–H groups in total. The van der Waals surface area contributed by atoms with Crippen molar-refractivity contribution in [2.45, 2.75) is 33.0 Å². The van der Waals surface area contributed by atoms with E-state index >= 15 is 0 Å². The van der Waals surface area contributed by atoms with E-state index in [1.165, 1.54) is 5.56 Å². The first-order chi connectivity index (χ1) is 7.20. The van der Waals surface area contributed by atoms with Crippen molar-refractivity contribution in [3.8, 4) is 0 Å². The molecule has 2 atom stereocenters. The van der Waals surface area contributed by atoms with Gasteiger partial charge in [0.1, 0.15) is 0 Å². The second kappa shape index (κ2) is 6.59. The zero-order chi connectivity index (χ0) is 11.1. The van der Waals surface area contributed by atoms with Crippen LogP contribution in [0.3, 0.4) is 0 Å². The molecule has 2 nitrogen and oxygen atoms in total. The van der Waals surface area contributed by atoms with Crippen LogP contribution in [-0.2, 0) is 11.3 Å². The molecule has 15 heavy (non-hydrogen) atoms. The van der Waals surface area contributed by atoms with Crippen LogP contribution in [0.15, 0.2) is 30.3 Å². The summed E-state index contributed by atoms with van der Waals surface area (Å²) in [4.78, 5) is 0. The summed E-state index contributed by atoms with van der Waals surface area (Å²) in [5.41, 5.74) is 1.20. The number of ether oxygens (including phenoxy) is 1. The lowest BCUT2D eigenvalue weighted by molar-refractivity contribution is 0.0742. The summed E-state index contributed by atoms with van der Waals surface area (Å²) in [7, 11) is 0. The van der Waals surface area contributed by atoms with Crippen LogP contribution < -0.4 is 0 Å². The number of hydrogen-bond donors (Lipinski definition) is 1. The predicted molar refractivity (Wildman–Crippen MR) is 61.6 cm³/mol. The third-order valence-corrected chi connectivity index (χ3v) is 2.65. The van der Waals surface area contributed by atoms with E-state index in [0.29, 0.717) is 19.1 Å². The maximum atomic E-state index is 9.28. The van der Waals surface area contributed by atoms with Gasteiger partial charge in [-0.05, 0) is 24.8 Å². The van der Waals surface area contributed by atoms with Gasteiger partial charge in [0.2, 0.25) is 0 Å². The quantitative estimate of drug-likeness (QED) is 0.728. The Kier molecular flexibility index (Phi) is 5.37. The number of hydrogen-bond acceptors (Lipinski definition) is 2. The molecule has 0 aliphatic heterocycles. The fourth-order valence-electron chi connectivity index (χ4n) is 1.27. The Morgan fingerprint density at radius 2 is 1.87 bits per heavy atom. The Morgan fingerprint density at radius 1 is 1.20 bits per heavy atom. The molecule has 1 aromatic carbocycles. The molecule has 0 aliphatic carbocycles. The Balaban J connectivity index is 2.12. The van der Waals surface area contributed by atoms with Gasteiger partial charge in [0, 0.05) is 6.61 Å². The molecule has 0 saturated heterocycles. The van der Waals surface area contributed by atoms with Crippen molar-refractivity contribution in [3.63, 3.8) is 0 Å². The summed E-state index contributed by atoms with van der Waals surface area (Å²) in [6.07, 6.45) is 0.662. The standard InChI is InChI=1S/C13H20O2/c1-11(12(2)14)8-9-15-10-13-6-4-3-5-7-13/h3-7,11-12,14H,8-10H2,1-2H3. The highest BCUT2D eigenvalue weighted by Gasteiger charge is 2.07. The predicted octanol–water partition coefficient (Wildman–Crippen LogP) is 2.61. The first-order valence-corrected chi connectivity index (χ1v) is 5.50. The molecule has 0 amide bonds.